The summed E-state index contributed by atoms with van der Waals surface area (Å²) in [6.07, 6.45) is 1.21. The summed E-state index contributed by atoms with van der Waals surface area (Å²) in [6.45, 7) is -0.00609. The van der Waals surface area contributed by atoms with Gasteiger partial charge in [0.25, 0.3) is 11.8 Å². The number of carbonyl (C=O) groups excluding carboxylic acids is 3. The lowest BCUT2D eigenvalue weighted by Crippen LogP contribution is -2.54. The Balaban J connectivity index is 1.71. The van der Waals surface area contributed by atoms with Gasteiger partial charge in [-0.25, -0.2) is 14.1 Å². The second kappa shape index (κ2) is 10.3. The Labute approximate surface area is 218 Å². The number of imide groups is 2. The van der Waals surface area contributed by atoms with Gasteiger partial charge in [0.1, 0.15) is 23.7 Å². The third-order valence-corrected chi connectivity index (χ3v) is 6.00. The molecule has 0 bridgehead atoms. The van der Waals surface area contributed by atoms with E-state index in [9.17, 15) is 18.8 Å². The quantitative estimate of drug-likeness (QED) is 0.282. The molecular weight excluding hydrogens is 541 g/mol. The van der Waals surface area contributed by atoms with Crippen molar-refractivity contribution in [3.8, 4) is 5.75 Å². The Morgan fingerprint density at radius 3 is 2.26 bits per heavy atom. The molecule has 178 valence electrons. The summed E-state index contributed by atoms with van der Waals surface area (Å²) in [4.78, 5) is 38.7. The highest BCUT2D eigenvalue weighted by Gasteiger charge is 2.37. The summed E-state index contributed by atoms with van der Waals surface area (Å²) in [6, 6.07) is 11.4. The van der Waals surface area contributed by atoms with Gasteiger partial charge in [-0.05, 0) is 54.6 Å². The minimum atomic E-state index is -0.971. The van der Waals surface area contributed by atoms with Gasteiger partial charge in [0.2, 0.25) is 0 Å². The summed E-state index contributed by atoms with van der Waals surface area (Å²) in [5, 5.41) is 3.25. The molecule has 0 aliphatic carbocycles. The molecule has 0 radical (unpaired) electrons. The topological polar surface area (TPSA) is 75.7 Å². The first kappa shape index (κ1) is 25.0. The smallest absolute Gasteiger partial charge is 0.335 e. The van der Waals surface area contributed by atoms with Crippen molar-refractivity contribution in [2.24, 2.45) is 0 Å². The van der Waals surface area contributed by atoms with Gasteiger partial charge in [-0.3, -0.25) is 14.9 Å². The molecule has 0 unspecified atom stereocenters. The molecule has 1 N–H and O–H groups in total. The van der Waals surface area contributed by atoms with Crippen molar-refractivity contribution < 1.29 is 23.5 Å². The molecule has 1 aliphatic rings. The number of hydrogen-bond donors (Lipinski definition) is 1. The molecule has 4 amide bonds. The van der Waals surface area contributed by atoms with Crippen LogP contribution < -0.4 is 15.0 Å². The highest BCUT2D eigenvalue weighted by molar-refractivity contribution is 6.40. The van der Waals surface area contributed by atoms with Gasteiger partial charge < -0.3 is 4.74 Å². The number of rotatable bonds is 5. The van der Waals surface area contributed by atoms with Crippen molar-refractivity contribution in [2.45, 2.75) is 6.61 Å². The molecule has 35 heavy (non-hydrogen) atoms. The average Bonchev–Trinajstić information content (AvgIpc) is 2.78. The van der Waals surface area contributed by atoms with Gasteiger partial charge in [0, 0.05) is 26.2 Å². The van der Waals surface area contributed by atoms with E-state index >= 15 is 0 Å². The Morgan fingerprint density at radius 2 is 1.57 bits per heavy atom. The monoisotopic (exact) mass is 552 g/mol. The van der Waals surface area contributed by atoms with E-state index in [4.69, 9.17) is 51.1 Å². The summed E-state index contributed by atoms with van der Waals surface area (Å²) in [7, 11) is 0. The summed E-state index contributed by atoms with van der Waals surface area (Å²) in [5.74, 6) is -2.28. The van der Waals surface area contributed by atoms with Crippen LogP contribution in [0.5, 0.6) is 5.75 Å². The zero-order valence-electron chi connectivity index (χ0n) is 17.5. The maximum Gasteiger partial charge on any atom is 0.335 e. The molecule has 1 heterocycles. The highest BCUT2D eigenvalue weighted by atomic mass is 35.5. The number of barbiturate groups is 1. The number of halogens is 5. The number of amides is 4. The van der Waals surface area contributed by atoms with Crippen molar-refractivity contribution in [3.05, 3.63) is 97.2 Å². The fraction of sp³-hybridized carbons (Fsp3) is 0.0417. The van der Waals surface area contributed by atoms with Crippen LogP contribution in [0.25, 0.3) is 6.08 Å². The van der Waals surface area contributed by atoms with Gasteiger partial charge >= 0.3 is 6.03 Å². The first-order chi connectivity index (χ1) is 16.6. The Bertz CT molecular complexity index is 1390. The molecule has 0 atom stereocenters. The molecule has 1 aliphatic heterocycles. The normalized spacial score (nSPS) is 14.9. The van der Waals surface area contributed by atoms with Gasteiger partial charge in [0.05, 0.1) is 10.7 Å². The van der Waals surface area contributed by atoms with Crippen molar-refractivity contribution in [1.82, 2.24) is 5.32 Å². The molecule has 1 fully saturated rings. The fourth-order valence-electron chi connectivity index (χ4n) is 3.27. The van der Waals surface area contributed by atoms with E-state index in [-0.39, 0.29) is 39.2 Å². The molecule has 3 aromatic rings. The predicted octanol–water partition coefficient (Wildman–Crippen LogP) is 6.68. The molecule has 6 nitrogen and oxygen atoms in total. The SMILES string of the molecule is O=C1NC(=O)N(c2ccc(F)cc2)C(=O)/C1=C/c1cc(Cl)cc(Cl)c1OCc1ccc(Cl)cc1Cl. The lowest BCUT2D eigenvalue weighted by Gasteiger charge is -2.26. The maximum absolute atomic E-state index is 13.3. The van der Waals surface area contributed by atoms with E-state index in [0.717, 1.165) is 12.1 Å². The lowest BCUT2D eigenvalue weighted by molar-refractivity contribution is -0.122. The molecule has 0 saturated carbocycles. The van der Waals surface area contributed by atoms with Gasteiger partial charge in [-0.15, -0.1) is 0 Å². The first-order valence-electron chi connectivity index (χ1n) is 9.87. The van der Waals surface area contributed by atoms with Crippen LogP contribution in [0.4, 0.5) is 14.9 Å². The molecule has 0 aromatic heterocycles. The third kappa shape index (κ3) is 5.44. The second-order valence-electron chi connectivity index (χ2n) is 7.26. The van der Waals surface area contributed by atoms with Crippen molar-refractivity contribution in [2.75, 3.05) is 4.90 Å². The van der Waals surface area contributed by atoms with Crippen LogP contribution in [0.15, 0.2) is 60.2 Å². The van der Waals surface area contributed by atoms with Crippen molar-refractivity contribution in [3.63, 3.8) is 0 Å². The number of benzene rings is 3. The largest absolute Gasteiger partial charge is 0.487 e. The molecule has 0 spiro atoms. The minimum Gasteiger partial charge on any atom is -0.487 e. The minimum absolute atomic E-state index is 0.00609. The van der Waals surface area contributed by atoms with Gasteiger partial charge in [0.15, 0.2) is 0 Å². The Kier molecular flexibility index (Phi) is 7.33. The predicted molar refractivity (Wildman–Crippen MR) is 133 cm³/mol. The number of nitrogens with zero attached hydrogens (tertiary/aromatic N) is 1. The van der Waals surface area contributed by atoms with Crippen LogP contribution in [0.1, 0.15) is 11.1 Å². The molecule has 4 rings (SSSR count). The van der Waals surface area contributed by atoms with Crippen molar-refractivity contribution >= 4 is 76.0 Å². The zero-order chi connectivity index (χ0) is 25.3. The summed E-state index contributed by atoms with van der Waals surface area (Å²) in [5.41, 5.74) is 0.506. The number of nitrogens with one attached hydrogen (secondary N) is 1. The number of hydrogen-bond acceptors (Lipinski definition) is 4. The van der Waals surface area contributed by atoms with Crippen LogP contribution in [-0.2, 0) is 16.2 Å². The molecule has 1 saturated heterocycles. The molecule has 11 heteroatoms. The van der Waals surface area contributed by atoms with E-state index in [1.54, 1.807) is 18.2 Å². The number of ether oxygens (including phenoxy) is 1. The lowest BCUT2D eigenvalue weighted by atomic mass is 10.1. The standard InChI is InChI=1S/C24H13Cl4FN2O4/c25-14-2-1-12(19(27)9-14)11-35-21-13(7-15(26)10-20(21)28)8-18-22(32)30-24(34)31(23(18)33)17-5-3-16(29)4-6-17/h1-10H,11H2,(H,30,32,34)/b18-8+. The van der Waals surface area contributed by atoms with Gasteiger partial charge in [-0.2, -0.15) is 0 Å². The second-order valence-corrected chi connectivity index (χ2v) is 8.95. The number of anilines is 1. The van der Waals surface area contributed by atoms with Crippen LogP contribution in [0.3, 0.4) is 0 Å². The van der Waals surface area contributed by atoms with E-state index in [1.165, 1.54) is 30.3 Å². The van der Waals surface area contributed by atoms with Gasteiger partial charge in [-0.1, -0.05) is 52.5 Å². The van der Waals surface area contributed by atoms with Crippen LogP contribution >= 0.6 is 46.4 Å². The van der Waals surface area contributed by atoms with Crippen LogP contribution in [0.2, 0.25) is 20.1 Å². The van der Waals surface area contributed by atoms with Crippen molar-refractivity contribution in [1.29, 1.82) is 0 Å². The van der Waals surface area contributed by atoms with Crippen LogP contribution in [-0.4, -0.2) is 17.8 Å². The third-order valence-electron chi connectivity index (χ3n) is 4.91. The zero-order valence-corrected chi connectivity index (χ0v) is 20.5. The average molecular weight is 554 g/mol. The van der Waals surface area contributed by atoms with E-state index in [2.05, 4.69) is 5.32 Å². The first-order valence-corrected chi connectivity index (χ1v) is 11.4. The maximum atomic E-state index is 13.3. The molecule has 3 aromatic carbocycles. The van der Waals surface area contributed by atoms with E-state index < -0.39 is 23.7 Å². The summed E-state index contributed by atoms with van der Waals surface area (Å²) >= 11 is 24.6. The number of carbonyl (C=O) groups is 3. The fourth-order valence-corrected chi connectivity index (χ4v) is 4.29. The summed E-state index contributed by atoms with van der Waals surface area (Å²) < 4.78 is 19.2. The van der Waals surface area contributed by atoms with E-state index in [0.29, 0.717) is 20.5 Å². The van der Waals surface area contributed by atoms with Crippen LogP contribution in [0, 0.1) is 5.82 Å². The Hall–Kier alpha value is -3.10. The number of urea groups is 1. The Morgan fingerprint density at radius 1 is 0.886 bits per heavy atom. The van der Waals surface area contributed by atoms with E-state index in [1.807, 2.05) is 0 Å². The highest BCUT2D eigenvalue weighted by Crippen LogP contribution is 2.36. The molecular formula is C24H13Cl4FN2O4.